The van der Waals surface area contributed by atoms with Gasteiger partial charge in [-0.25, -0.2) is 0 Å². The van der Waals surface area contributed by atoms with Crippen molar-refractivity contribution in [1.82, 2.24) is 4.98 Å². The van der Waals surface area contributed by atoms with Gasteiger partial charge in [-0.15, -0.1) is 0 Å². The summed E-state index contributed by atoms with van der Waals surface area (Å²) in [7, 11) is 0. The Balaban J connectivity index is 2.01. The van der Waals surface area contributed by atoms with E-state index in [0.717, 1.165) is 4.47 Å². The molecule has 3 rings (SSSR count). The van der Waals surface area contributed by atoms with Gasteiger partial charge in [0.1, 0.15) is 0 Å². The molecule has 0 saturated heterocycles. The number of hydrogen-bond donors (Lipinski definition) is 5. The predicted octanol–water partition coefficient (Wildman–Crippen LogP) is 2.73. The molecule has 0 fully saturated rings. The molecule has 1 heterocycles. The minimum absolute atomic E-state index is 0.00621. The van der Waals surface area contributed by atoms with Crippen LogP contribution in [0.25, 0.3) is 10.8 Å². The molecule has 128 valence electrons. The lowest BCUT2D eigenvalue weighted by Gasteiger charge is -2.06. The molecule has 0 unspecified atom stereocenters. The molecule has 8 heteroatoms. The first-order valence-corrected chi connectivity index (χ1v) is 7.95. The number of hydrogen-bond acceptors (Lipinski definition) is 6. The molecule has 7 nitrogen and oxygen atoms in total. The van der Waals surface area contributed by atoms with Crippen LogP contribution in [0.1, 0.15) is 11.1 Å². The number of H-pyrrole nitrogens is 1. The summed E-state index contributed by atoms with van der Waals surface area (Å²) in [5.74, 6) is -1.83. The number of benzene rings is 2. The second-order valence-corrected chi connectivity index (χ2v) is 6.23. The van der Waals surface area contributed by atoms with Crippen molar-refractivity contribution < 1.29 is 20.4 Å². The first kappa shape index (κ1) is 16.8. The molecule has 0 aliphatic carbocycles. The third-order valence-corrected chi connectivity index (χ3v) is 4.19. The quantitative estimate of drug-likeness (QED) is 0.338. The van der Waals surface area contributed by atoms with Crippen LogP contribution in [0.4, 0.5) is 0 Å². The summed E-state index contributed by atoms with van der Waals surface area (Å²) in [4.78, 5) is 18.4. The van der Waals surface area contributed by atoms with Gasteiger partial charge in [-0.2, -0.15) is 0 Å². The van der Waals surface area contributed by atoms with Crippen molar-refractivity contribution >= 4 is 32.9 Å². The maximum absolute atomic E-state index is 11.9. The number of halogens is 1. The van der Waals surface area contributed by atoms with E-state index in [1.165, 1.54) is 18.3 Å². The summed E-state index contributed by atoms with van der Waals surface area (Å²) in [5, 5.41) is 39.6. The molecule has 0 bridgehead atoms. The highest BCUT2D eigenvalue weighted by Crippen LogP contribution is 2.37. The van der Waals surface area contributed by atoms with Crippen molar-refractivity contribution in [2.75, 3.05) is 0 Å². The minimum Gasteiger partial charge on any atom is -0.504 e. The van der Waals surface area contributed by atoms with Crippen LogP contribution in [0.15, 0.2) is 44.6 Å². The summed E-state index contributed by atoms with van der Waals surface area (Å²) < 4.78 is 0.737. The molecule has 3 aromatic rings. The van der Waals surface area contributed by atoms with Crippen LogP contribution in [-0.4, -0.2) is 31.6 Å². The topological polar surface area (TPSA) is 126 Å². The van der Waals surface area contributed by atoms with Crippen LogP contribution in [0.2, 0.25) is 0 Å². The summed E-state index contributed by atoms with van der Waals surface area (Å²) in [6, 6.07) is 7.69. The van der Waals surface area contributed by atoms with Gasteiger partial charge in [0.15, 0.2) is 11.5 Å². The number of aromatic nitrogens is 1. The zero-order valence-electron chi connectivity index (χ0n) is 12.7. The molecule has 0 amide bonds. The highest BCUT2D eigenvalue weighted by Gasteiger charge is 2.12. The number of nitrogens with one attached hydrogen (secondary N) is 1. The lowest BCUT2D eigenvalue weighted by Crippen LogP contribution is -2.08. The molecule has 0 radical (unpaired) electrons. The van der Waals surface area contributed by atoms with Crippen molar-refractivity contribution in [2.45, 2.75) is 6.54 Å². The van der Waals surface area contributed by atoms with Gasteiger partial charge in [0.05, 0.1) is 12.1 Å². The Morgan fingerprint density at radius 1 is 1.04 bits per heavy atom. The molecular formula is C17H13BrN2O5. The van der Waals surface area contributed by atoms with Gasteiger partial charge < -0.3 is 20.4 Å². The van der Waals surface area contributed by atoms with Gasteiger partial charge >= 0.3 is 0 Å². The SMILES string of the molecule is O=c1[nH]c(O)c(C=NCc2ccc(O)c(O)c2O)c2cc(Br)ccc12. The van der Waals surface area contributed by atoms with Crippen molar-refractivity contribution in [3.63, 3.8) is 0 Å². The maximum Gasteiger partial charge on any atom is 0.258 e. The Hall–Kier alpha value is -3.00. The highest BCUT2D eigenvalue weighted by molar-refractivity contribution is 9.10. The van der Waals surface area contributed by atoms with Crippen LogP contribution in [0.3, 0.4) is 0 Å². The number of pyridine rings is 1. The largest absolute Gasteiger partial charge is 0.504 e. The first-order chi connectivity index (χ1) is 11.9. The molecular weight excluding hydrogens is 392 g/mol. The number of phenols is 3. The lowest BCUT2D eigenvalue weighted by molar-refractivity contribution is 0.365. The van der Waals surface area contributed by atoms with Gasteiger partial charge in [0.25, 0.3) is 5.56 Å². The van der Waals surface area contributed by atoms with E-state index in [-0.39, 0.29) is 12.4 Å². The van der Waals surface area contributed by atoms with Gasteiger partial charge in [-0.05, 0) is 30.3 Å². The van der Waals surface area contributed by atoms with Gasteiger partial charge in [0, 0.05) is 27.0 Å². The van der Waals surface area contributed by atoms with Crippen LogP contribution in [-0.2, 0) is 6.54 Å². The van der Waals surface area contributed by atoms with Crippen LogP contribution < -0.4 is 5.56 Å². The predicted molar refractivity (Wildman–Crippen MR) is 96.7 cm³/mol. The van der Waals surface area contributed by atoms with E-state index in [4.69, 9.17) is 0 Å². The van der Waals surface area contributed by atoms with E-state index in [1.807, 2.05) is 0 Å². The van der Waals surface area contributed by atoms with Gasteiger partial charge in [0.2, 0.25) is 11.6 Å². The fourth-order valence-electron chi connectivity index (χ4n) is 2.41. The lowest BCUT2D eigenvalue weighted by atomic mass is 10.1. The van der Waals surface area contributed by atoms with Crippen LogP contribution >= 0.6 is 15.9 Å². The zero-order valence-corrected chi connectivity index (χ0v) is 14.3. The number of aromatic amines is 1. The van der Waals surface area contributed by atoms with E-state index in [2.05, 4.69) is 25.9 Å². The van der Waals surface area contributed by atoms with E-state index in [0.29, 0.717) is 21.9 Å². The second kappa shape index (κ2) is 6.48. The van der Waals surface area contributed by atoms with Crippen LogP contribution in [0.5, 0.6) is 23.1 Å². The molecule has 2 aromatic carbocycles. The Morgan fingerprint density at radius 3 is 2.56 bits per heavy atom. The smallest absolute Gasteiger partial charge is 0.258 e. The average molecular weight is 405 g/mol. The monoisotopic (exact) mass is 404 g/mol. The Labute approximate surface area is 149 Å². The number of nitrogens with zero attached hydrogens (tertiary/aromatic N) is 1. The molecule has 5 N–H and O–H groups in total. The average Bonchev–Trinajstić information content (AvgIpc) is 2.57. The normalized spacial score (nSPS) is 11.4. The maximum atomic E-state index is 11.9. The number of aromatic hydroxyl groups is 4. The fraction of sp³-hybridized carbons (Fsp3) is 0.0588. The molecule has 25 heavy (non-hydrogen) atoms. The van der Waals surface area contributed by atoms with E-state index in [9.17, 15) is 25.2 Å². The minimum atomic E-state index is -0.617. The third kappa shape index (κ3) is 3.16. The Kier molecular flexibility index (Phi) is 4.37. The number of aliphatic imine (C=N–C) groups is 1. The summed E-state index contributed by atoms with van der Waals surface area (Å²) >= 11 is 3.32. The molecule has 0 atom stereocenters. The summed E-state index contributed by atoms with van der Waals surface area (Å²) in [6.45, 7) is -0.00621. The van der Waals surface area contributed by atoms with Crippen molar-refractivity contribution in [3.8, 4) is 23.1 Å². The molecule has 0 aliphatic heterocycles. The molecule has 0 saturated carbocycles. The number of fused-ring (bicyclic) bond motifs is 1. The summed E-state index contributed by atoms with van der Waals surface area (Å²) in [6.07, 6.45) is 1.36. The highest BCUT2D eigenvalue weighted by atomic mass is 79.9. The molecule has 0 aliphatic rings. The standard InChI is InChI=1S/C17H13BrN2O5/c18-9-2-3-10-11(5-9)12(17(25)20-16(10)24)7-19-6-8-1-4-13(21)15(23)14(8)22/h1-5,7,21-23H,6H2,(H2,20,24,25). The van der Waals surface area contributed by atoms with E-state index >= 15 is 0 Å². The Bertz CT molecular complexity index is 1060. The van der Waals surface area contributed by atoms with Crippen molar-refractivity contribution in [1.29, 1.82) is 0 Å². The zero-order chi connectivity index (χ0) is 18.1. The second-order valence-electron chi connectivity index (χ2n) is 5.32. The van der Waals surface area contributed by atoms with Crippen molar-refractivity contribution in [3.05, 3.63) is 56.3 Å². The number of rotatable bonds is 3. The molecule has 0 spiro atoms. The van der Waals surface area contributed by atoms with Crippen molar-refractivity contribution in [2.24, 2.45) is 4.99 Å². The number of phenolic OH excluding ortho intramolecular Hbond substituents is 3. The fourth-order valence-corrected chi connectivity index (χ4v) is 2.77. The molecule has 1 aromatic heterocycles. The summed E-state index contributed by atoms with van der Waals surface area (Å²) in [5.41, 5.74) is 0.192. The van der Waals surface area contributed by atoms with E-state index < -0.39 is 22.8 Å². The van der Waals surface area contributed by atoms with E-state index in [1.54, 1.807) is 18.2 Å². The van der Waals surface area contributed by atoms with Crippen LogP contribution in [0, 0.1) is 0 Å². The Morgan fingerprint density at radius 2 is 1.80 bits per heavy atom. The first-order valence-electron chi connectivity index (χ1n) is 7.15. The van der Waals surface area contributed by atoms with Gasteiger partial charge in [-0.1, -0.05) is 15.9 Å². The van der Waals surface area contributed by atoms with Gasteiger partial charge in [-0.3, -0.25) is 14.8 Å². The third-order valence-electron chi connectivity index (χ3n) is 3.70.